The molecule has 0 amide bonds. The predicted octanol–water partition coefficient (Wildman–Crippen LogP) is 9.64. The minimum absolute atomic E-state index is 0.946. The first-order chi connectivity index (χ1) is 18.3. The van der Waals surface area contributed by atoms with Gasteiger partial charge in [0.05, 0.1) is 16.7 Å². The summed E-state index contributed by atoms with van der Waals surface area (Å²) in [5, 5.41) is 7.50. The summed E-state index contributed by atoms with van der Waals surface area (Å²) in [5.74, 6) is 0. The van der Waals surface area contributed by atoms with Crippen molar-refractivity contribution in [2.24, 2.45) is 0 Å². The van der Waals surface area contributed by atoms with Gasteiger partial charge in [-0.1, -0.05) is 91.0 Å². The molecule has 172 valence electrons. The fourth-order valence-electron chi connectivity index (χ4n) is 5.41. The molecule has 0 radical (unpaired) electrons. The zero-order valence-electron chi connectivity index (χ0n) is 19.8. The van der Waals surface area contributed by atoms with Gasteiger partial charge < -0.3 is 0 Å². The van der Waals surface area contributed by atoms with Crippen LogP contribution in [-0.4, -0.2) is 9.97 Å². The summed E-state index contributed by atoms with van der Waals surface area (Å²) in [5.41, 5.74) is 6.38. The molecule has 3 aromatic heterocycles. The number of rotatable bonds is 2. The highest BCUT2D eigenvalue weighted by molar-refractivity contribution is 7.26. The van der Waals surface area contributed by atoms with E-state index in [9.17, 15) is 0 Å². The molecule has 3 heteroatoms. The van der Waals surface area contributed by atoms with E-state index in [0.29, 0.717) is 0 Å². The lowest BCUT2D eigenvalue weighted by Crippen LogP contribution is -1.89. The van der Waals surface area contributed by atoms with Crippen LogP contribution >= 0.6 is 11.3 Å². The SMILES string of the molecule is c1cnc2c(c1)ccc1ccc(-c3ccc(-c4ccc5c(ccc6c7ccccc7sc56)c4)cc3)nc12. The maximum absolute atomic E-state index is 5.00. The van der Waals surface area contributed by atoms with Crippen LogP contribution in [-0.2, 0) is 0 Å². The number of aromatic nitrogens is 2. The zero-order valence-corrected chi connectivity index (χ0v) is 20.7. The molecule has 0 atom stereocenters. The second-order valence-electron chi connectivity index (χ2n) is 9.46. The van der Waals surface area contributed by atoms with Crippen molar-refractivity contribution < 1.29 is 0 Å². The molecular weight excluding hydrogens is 468 g/mol. The normalized spacial score (nSPS) is 11.8. The van der Waals surface area contributed by atoms with Crippen molar-refractivity contribution in [1.82, 2.24) is 9.97 Å². The third-order valence-corrected chi connectivity index (χ3v) is 8.53. The van der Waals surface area contributed by atoms with Crippen LogP contribution in [0.2, 0.25) is 0 Å². The largest absolute Gasteiger partial charge is 0.254 e. The zero-order chi connectivity index (χ0) is 24.3. The number of thiophene rings is 1. The van der Waals surface area contributed by atoms with Gasteiger partial charge in [0.1, 0.15) is 0 Å². The van der Waals surface area contributed by atoms with Crippen molar-refractivity contribution in [3.8, 4) is 22.4 Å². The third-order valence-electron chi connectivity index (χ3n) is 7.31. The smallest absolute Gasteiger partial charge is 0.0972 e. The van der Waals surface area contributed by atoms with Crippen LogP contribution in [0.5, 0.6) is 0 Å². The molecule has 0 saturated heterocycles. The van der Waals surface area contributed by atoms with E-state index >= 15 is 0 Å². The third kappa shape index (κ3) is 3.25. The van der Waals surface area contributed by atoms with Gasteiger partial charge in [-0.2, -0.15) is 0 Å². The van der Waals surface area contributed by atoms with Crippen LogP contribution in [0.1, 0.15) is 0 Å². The van der Waals surface area contributed by atoms with Crippen LogP contribution in [0.4, 0.5) is 0 Å². The van der Waals surface area contributed by atoms with Gasteiger partial charge in [-0.05, 0) is 46.2 Å². The summed E-state index contributed by atoms with van der Waals surface area (Å²) in [4.78, 5) is 9.59. The molecule has 0 saturated carbocycles. The van der Waals surface area contributed by atoms with E-state index in [1.165, 1.54) is 42.1 Å². The maximum Gasteiger partial charge on any atom is 0.0972 e. The van der Waals surface area contributed by atoms with Gasteiger partial charge in [0.25, 0.3) is 0 Å². The minimum Gasteiger partial charge on any atom is -0.254 e. The van der Waals surface area contributed by atoms with Crippen LogP contribution in [0.25, 0.3) is 75.1 Å². The van der Waals surface area contributed by atoms with Crippen molar-refractivity contribution in [3.05, 3.63) is 121 Å². The lowest BCUT2D eigenvalue weighted by Gasteiger charge is -2.08. The summed E-state index contributed by atoms with van der Waals surface area (Å²) in [7, 11) is 0. The molecule has 8 rings (SSSR count). The Hall–Kier alpha value is -4.60. The predicted molar refractivity (Wildman–Crippen MR) is 158 cm³/mol. The molecule has 0 N–H and O–H groups in total. The molecule has 8 aromatic rings. The molecule has 37 heavy (non-hydrogen) atoms. The Labute approximate surface area is 217 Å². The molecule has 0 spiro atoms. The molecule has 0 bridgehead atoms. The number of benzene rings is 5. The first-order valence-corrected chi connectivity index (χ1v) is 13.2. The highest BCUT2D eigenvalue weighted by Crippen LogP contribution is 2.39. The van der Waals surface area contributed by atoms with Crippen molar-refractivity contribution in [3.63, 3.8) is 0 Å². The second kappa shape index (κ2) is 7.95. The second-order valence-corrected chi connectivity index (χ2v) is 10.5. The van der Waals surface area contributed by atoms with Gasteiger partial charge in [-0.25, -0.2) is 4.98 Å². The van der Waals surface area contributed by atoms with Crippen LogP contribution in [0.15, 0.2) is 121 Å². The van der Waals surface area contributed by atoms with E-state index in [-0.39, 0.29) is 0 Å². The standard InChI is InChI=1S/C34H20N2S/c1-2-6-31-28(5-1)29-17-14-26-20-25(13-16-27(26)34(29)37-31)21-7-9-22(10-8-21)30-18-15-24-12-11-23-4-3-19-35-32(23)33(24)36-30/h1-20H. The van der Waals surface area contributed by atoms with Crippen molar-refractivity contribution in [2.45, 2.75) is 0 Å². The minimum atomic E-state index is 0.946. The number of hydrogen-bond acceptors (Lipinski definition) is 3. The lowest BCUT2D eigenvalue weighted by molar-refractivity contribution is 1.37. The maximum atomic E-state index is 5.00. The van der Waals surface area contributed by atoms with Crippen LogP contribution in [0.3, 0.4) is 0 Å². The molecule has 5 aromatic carbocycles. The average Bonchev–Trinajstić information content (AvgIpc) is 3.36. The molecule has 0 unspecified atom stereocenters. The Balaban J connectivity index is 1.19. The van der Waals surface area contributed by atoms with Gasteiger partial charge in [-0.15, -0.1) is 11.3 Å². The summed E-state index contributed by atoms with van der Waals surface area (Å²) >= 11 is 1.88. The molecule has 0 aliphatic heterocycles. The van der Waals surface area contributed by atoms with Crippen molar-refractivity contribution in [1.29, 1.82) is 0 Å². The monoisotopic (exact) mass is 488 g/mol. The van der Waals surface area contributed by atoms with Crippen molar-refractivity contribution >= 4 is 64.1 Å². The summed E-state index contributed by atoms with van der Waals surface area (Å²) < 4.78 is 2.71. The highest BCUT2D eigenvalue weighted by atomic mass is 32.1. The Morgan fingerprint density at radius 2 is 1.22 bits per heavy atom. The quantitative estimate of drug-likeness (QED) is 0.226. The van der Waals surface area contributed by atoms with E-state index < -0.39 is 0 Å². The first-order valence-electron chi connectivity index (χ1n) is 12.4. The van der Waals surface area contributed by atoms with Crippen molar-refractivity contribution in [2.75, 3.05) is 0 Å². The fraction of sp³-hybridized carbons (Fsp3) is 0. The van der Waals surface area contributed by atoms with E-state index in [4.69, 9.17) is 4.98 Å². The van der Waals surface area contributed by atoms with E-state index in [1.54, 1.807) is 0 Å². The lowest BCUT2D eigenvalue weighted by atomic mass is 9.98. The Kier molecular flexibility index (Phi) is 4.42. The molecule has 2 nitrogen and oxygen atoms in total. The molecule has 0 aliphatic rings. The fourth-order valence-corrected chi connectivity index (χ4v) is 6.65. The summed E-state index contributed by atoms with van der Waals surface area (Å²) in [6, 6.07) is 41.3. The van der Waals surface area contributed by atoms with Gasteiger partial charge in [0.15, 0.2) is 0 Å². The number of hydrogen-bond donors (Lipinski definition) is 0. The Morgan fingerprint density at radius 1 is 0.486 bits per heavy atom. The summed E-state index contributed by atoms with van der Waals surface area (Å²) in [6.45, 7) is 0. The van der Waals surface area contributed by atoms with Crippen LogP contribution < -0.4 is 0 Å². The van der Waals surface area contributed by atoms with E-state index in [2.05, 4.69) is 114 Å². The van der Waals surface area contributed by atoms with E-state index in [0.717, 1.165) is 33.1 Å². The number of fused-ring (bicyclic) bond motifs is 8. The molecular formula is C34H20N2S. The highest BCUT2D eigenvalue weighted by Gasteiger charge is 2.10. The molecule has 3 heterocycles. The average molecular weight is 489 g/mol. The van der Waals surface area contributed by atoms with Gasteiger partial charge >= 0.3 is 0 Å². The number of pyridine rings is 2. The van der Waals surface area contributed by atoms with Gasteiger partial charge in [0, 0.05) is 42.7 Å². The van der Waals surface area contributed by atoms with Crippen LogP contribution in [0, 0.1) is 0 Å². The first kappa shape index (κ1) is 20.6. The molecule has 0 fully saturated rings. The summed E-state index contributed by atoms with van der Waals surface area (Å²) in [6.07, 6.45) is 1.83. The molecule has 0 aliphatic carbocycles. The Bertz CT molecular complexity index is 2140. The van der Waals surface area contributed by atoms with E-state index in [1.807, 2.05) is 23.6 Å². The van der Waals surface area contributed by atoms with Gasteiger partial charge in [-0.3, -0.25) is 4.98 Å². The van der Waals surface area contributed by atoms with Gasteiger partial charge in [0.2, 0.25) is 0 Å². The topological polar surface area (TPSA) is 25.8 Å². The Morgan fingerprint density at radius 3 is 2.14 bits per heavy atom. The number of nitrogens with zero attached hydrogens (tertiary/aromatic N) is 2.